The van der Waals surface area contributed by atoms with E-state index in [1.807, 2.05) is 56.3 Å². The molecule has 2 aromatic carbocycles. The van der Waals surface area contributed by atoms with Gasteiger partial charge in [0.1, 0.15) is 5.69 Å². The summed E-state index contributed by atoms with van der Waals surface area (Å²) in [6.07, 6.45) is 0. The Morgan fingerprint density at radius 3 is 2.46 bits per heavy atom. The third-order valence-corrected chi connectivity index (χ3v) is 4.81. The van der Waals surface area contributed by atoms with Crippen LogP contribution >= 0.6 is 0 Å². The van der Waals surface area contributed by atoms with Gasteiger partial charge >= 0.3 is 0 Å². The summed E-state index contributed by atoms with van der Waals surface area (Å²) in [5.41, 5.74) is 5.52. The Morgan fingerprint density at radius 2 is 1.75 bits per heavy atom. The fourth-order valence-electron chi connectivity index (χ4n) is 3.03. The summed E-state index contributed by atoms with van der Waals surface area (Å²) >= 11 is 0. The minimum absolute atomic E-state index is 0.0964. The van der Waals surface area contributed by atoms with Crippen LogP contribution < -0.4 is 5.32 Å². The van der Waals surface area contributed by atoms with Crippen molar-refractivity contribution in [2.45, 2.75) is 34.2 Å². The predicted octanol–water partition coefficient (Wildman–Crippen LogP) is 4.81. The number of aromatic nitrogens is 2. The van der Waals surface area contributed by atoms with Gasteiger partial charge in [-0.2, -0.15) is 0 Å². The van der Waals surface area contributed by atoms with Crippen molar-refractivity contribution in [2.75, 3.05) is 11.9 Å². The quantitative estimate of drug-likeness (QED) is 0.673. The molecule has 144 valence electrons. The van der Waals surface area contributed by atoms with Gasteiger partial charge in [-0.25, -0.2) is 9.97 Å². The molecule has 3 aromatic rings. The first-order chi connectivity index (χ1) is 13.5. The van der Waals surface area contributed by atoms with Crippen molar-refractivity contribution < 1.29 is 4.79 Å². The molecule has 0 aliphatic rings. The summed E-state index contributed by atoms with van der Waals surface area (Å²) in [5.74, 6) is 0.341. The summed E-state index contributed by atoms with van der Waals surface area (Å²) in [6.45, 7) is 9.13. The van der Waals surface area contributed by atoms with E-state index < -0.39 is 0 Å². The normalized spacial score (nSPS) is 10.6. The smallest absolute Gasteiger partial charge is 0.272 e. The minimum atomic E-state index is -0.0964. The average Bonchev–Trinajstić information content (AvgIpc) is 2.69. The molecule has 3 rings (SSSR count). The highest BCUT2D eigenvalue weighted by Crippen LogP contribution is 2.21. The van der Waals surface area contributed by atoms with Crippen LogP contribution in [0.1, 0.15) is 39.8 Å². The lowest BCUT2D eigenvalue weighted by atomic mass is 10.1. The van der Waals surface area contributed by atoms with Gasteiger partial charge in [-0.05, 0) is 56.5 Å². The lowest BCUT2D eigenvalue weighted by molar-refractivity contribution is 0.0746. The first-order valence-corrected chi connectivity index (χ1v) is 9.50. The molecule has 0 aliphatic heterocycles. The number of aryl methyl sites for hydroxylation is 2. The third kappa shape index (κ3) is 4.55. The minimum Gasteiger partial charge on any atom is -0.333 e. The number of anilines is 2. The number of rotatable bonds is 6. The monoisotopic (exact) mass is 374 g/mol. The number of carbonyl (C=O) groups is 1. The van der Waals surface area contributed by atoms with Gasteiger partial charge in [-0.15, -0.1) is 0 Å². The highest BCUT2D eigenvalue weighted by atomic mass is 16.2. The molecule has 0 aliphatic carbocycles. The van der Waals surface area contributed by atoms with E-state index >= 15 is 0 Å². The van der Waals surface area contributed by atoms with Crippen LogP contribution in [0.15, 0.2) is 54.6 Å². The number of nitrogens with one attached hydrogen (secondary N) is 1. The number of carbonyl (C=O) groups excluding carboxylic acids is 1. The second kappa shape index (κ2) is 8.65. The van der Waals surface area contributed by atoms with E-state index in [1.165, 1.54) is 5.56 Å². The second-order valence-corrected chi connectivity index (χ2v) is 6.90. The fraction of sp³-hybridized carbons (Fsp3) is 0.261. The van der Waals surface area contributed by atoms with E-state index in [2.05, 4.69) is 35.2 Å². The molecule has 5 nitrogen and oxygen atoms in total. The molecular weight excluding hydrogens is 348 g/mol. The number of hydrogen-bond acceptors (Lipinski definition) is 4. The maximum atomic E-state index is 13.1. The topological polar surface area (TPSA) is 58.1 Å². The molecule has 1 heterocycles. The molecule has 5 heteroatoms. The van der Waals surface area contributed by atoms with E-state index in [1.54, 1.807) is 11.0 Å². The number of nitrogens with zero attached hydrogens (tertiary/aromatic N) is 3. The van der Waals surface area contributed by atoms with Crippen molar-refractivity contribution >= 4 is 17.5 Å². The van der Waals surface area contributed by atoms with Crippen LogP contribution in [0.4, 0.5) is 11.6 Å². The second-order valence-electron chi connectivity index (χ2n) is 6.90. The fourth-order valence-corrected chi connectivity index (χ4v) is 3.03. The van der Waals surface area contributed by atoms with Crippen LogP contribution in [0.25, 0.3) is 0 Å². The van der Waals surface area contributed by atoms with Crippen molar-refractivity contribution in [1.82, 2.24) is 14.9 Å². The maximum Gasteiger partial charge on any atom is 0.272 e. The van der Waals surface area contributed by atoms with Gasteiger partial charge in [0.15, 0.2) is 0 Å². The van der Waals surface area contributed by atoms with Crippen LogP contribution in [0, 0.1) is 20.8 Å². The van der Waals surface area contributed by atoms with E-state index in [0.29, 0.717) is 24.7 Å². The van der Waals surface area contributed by atoms with Crippen LogP contribution in [0.5, 0.6) is 0 Å². The van der Waals surface area contributed by atoms with Gasteiger partial charge in [-0.3, -0.25) is 4.79 Å². The number of hydrogen-bond donors (Lipinski definition) is 1. The third-order valence-electron chi connectivity index (χ3n) is 4.81. The molecule has 0 unspecified atom stereocenters. The molecule has 0 atom stereocenters. The van der Waals surface area contributed by atoms with Crippen LogP contribution in [0.3, 0.4) is 0 Å². The molecule has 1 N–H and O–H groups in total. The van der Waals surface area contributed by atoms with E-state index in [9.17, 15) is 4.79 Å². The zero-order valence-electron chi connectivity index (χ0n) is 16.9. The van der Waals surface area contributed by atoms with Gasteiger partial charge in [0, 0.05) is 24.5 Å². The SMILES string of the molecule is CCN(Cc1ccccc1)C(=O)c1cc(C)nc(Nc2cccc(C)c2C)n1. The predicted molar refractivity (Wildman–Crippen MR) is 113 cm³/mol. The van der Waals surface area contributed by atoms with Gasteiger partial charge in [0.2, 0.25) is 5.95 Å². The zero-order valence-corrected chi connectivity index (χ0v) is 16.9. The highest BCUT2D eigenvalue weighted by Gasteiger charge is 2.18. The van der Waals surface area contributed by atoms with Crippen molar-refractivity contribution in [3.05, 3.63) is 82.7 Å². The van der Waals surface area contributed by atoms with E-state index in [0.717, 1.165) is 22.5 Å². The Hall–Kier alpha value is -3.21. The highest BCUT2D eigenvalue weighted by molar-refractivity contribution is 5.92. The Bertz CT molecular complexity index is 970. The Kier molecular flexibility index (Phi) is 6.04. The summed E-state index contributed by atoms with van der Waals surface area (Å²) < 4.78 is 0. The summed E-state index contributed by atoms with van der Waals surface area (Å²) in [4.78, 5) is 23.8. The van der Waals surface area contributed by atoms with Crippen LogP contribution in [-0.4, -0.2) is 27.3 Å². The average molecular weight is 374 g/mol. The van der Waals surface area contributed by atoms with Crippen LogP contribution in [0.2, 0.25) is 0 Å². The van der Waals surface area contributed by atoms with Crippen molar-refractivity contribution in [3.63, 3.8) is 0 Å². The molecule has 28 heavy (non-hydrogen) atoms. The maximum absolute atomic E-state index is 13.1. The van der Waals surface area contributed by atoms with Gasteiger partial charge < -0.3 is 10.2 Å². The molecule has 0 saturated carbocycles. The summed E-state index contributed by atoms with van der Waals surface area (Å²) in [7, 11) is 0. The number of amides is 1. The Balaban J connectivity index is 1.85. The molecule has 1 aromatic heterocycles. The zero-order chi connectivity index (χ0) is 20.1. The van der Waals surface area contributed by atoms with Gasteiger partial charge in [-0.1, -0.05) is 42.5 Å². The van der Waals surface area contributed by atoms with Crippen molar-refractivity contribution in [2.24, 2.45) is 0 Å². The summed E-state index contributed by atoms with van der Waals surface area (Å²) in [5, 5.41) is 3.26. The first-order valence-electron chi connectivity index (χ1n) is 9.50. The molecule has 0 saturated heterocycles. The molecule has 0 spiro atoms. The lowest BCUT2D eigenvalue weighted by Crippen LogP contribution is -2.31. The standard InChI is InChI=1S/C23H26N4O/c1-5-27(15-19-11-7-6-8-12-19)22(28)21-14-17(3)24-23(26-21)25-20-13-9-10-16(2)18(20)4/h6-14H,5,15H2,1-4H3,(H,24,25,26). The number of benzene rings is 2. The first kappa shape index (κ1) is 19.5. The van der Waals surface area contributed by atoms with Crippen LogP contribution in [-0.2, 0) is 6.54 Å². The van der Waals surface area contributed by atoms with E-state index in [4.69, 9.17) is 0 Å². The molecule has 0 fully saturated rings. The molecule has 0 bridgehead atoms. The van der Waals surface area contributed by atoms with Crippen molar-refractivity contribution in [1.29, 1.82) is 0 Å². The Morgan fingerprint density at radius 1 is 1.00 bits per heavy atom. The molecular formula is C23H26N4O. The Labute approximate surface area is 166 Å². The molecule has 0 radical (unpaired) electrons. The summed E-state index contributed by atoms with van der Waals surface area (Å²) in [6, 6.07) is 17.8. The van der Waals surface area contributed by atoms with Gasteiger partial charge in [0.25, 0.3) is 5.91 Å². The van der Waals surface area contributed by atoms with Crippen molar-refractivity contribution in [3.8, 4) is 0 Å². The van der Waals surface area contributed by atoms with E-state index in [-0.39, 0.29) is 5.91 Å². The largest absolute Gasteiger partial charge is 0.333 e. The molecule has 1 amide bonds. The van der Waals surface area contributed by atoms with Gasteiger partial charge in [0.05, 0.1) is 0 Å². The lowest BCUT2D eigenvalue weighted by Gasteiger charge is -2.21.